The van der Waals surface area contributed by atoms with E-state index < -0.39 is 0 Å². The molecule has 0 aromatic rings. The molecule has 2 aliphatic heterocycles. The lowest BCUT2D eigenvalue weighted by molar-refractivity contribution is -0.0185. The Kier molecular flexibility index (Phi) is 4.03. The van der Waals surface area contributed by atoms with Gasteiger partial charge in [-0.1, -0.05) is 28.8 Å². The Morgan fingerprint density at radius 3 is 2.67 bits per heavy atom. The first kappa shape index (κ1) is 13.4. The molecule has 0 aromatic carbocycles. The third-order valence-corrected chi connectivity index (χ3v) is 6.74. The maximum absolute atomic E-state index is 3.76. The molecule has 0 radical (unpaired) electrons. The molecule has 0 N–H and O–H groups in total. The number of alkyl halides is 1. The molecule has 2 unspecified atom stereocenters. The lowest BCUT2D eigenvalue weighted by atomic mass is 9.70. The first-order chi connectivity index (χ1) is 8.72. The Labute approximate surface area is 120 Å². The van der Waals surface area contributed by atoms with Crippen molar-refractivity contribution in [2.75, 3.05) is 31.5 Å². The molecule has 1 aliphatic carbocycles. The van der Waals surface area contributed by atoms with Gasteiger partial charge in [-0.3, -0.25) is 9.80 Å². The average Bonchev–Trinajstić information content (AvgIpc) is 2.34. The molecule has 104 valence electrons. The molecule has 3 heteroatoms. The fraction of sp³-hybridized carbons (Fsp3) is 1.00. The molecular weight excluding hydrogens is 288 g/mol. The van der Waals surface area contributed by atoms with Crippen LogP contribution < -0.4 is 0 Å². The second-order valence-electron chi connectivity index (χ2n) is 6.91. The van der Waals surface area contributed by atoms with E-state index in [2.05, 4.69) is 32.7 Å². The van der Waals surface area contributed by atoms with E-state index in [0.717, 1.165) is 12.1 Å². The second-order valence-corrected chi connectivity index (χ2v) is 7.47. The number of hydrogen-bond acceptors (Lipinski definition) is 2. The van der Waals surface area contributed by atoms with Gasteiger partial charge in [0.05, 0.1) is 0 Å². The predicted molar refractivity (Wildman–Crippen MR) is 80.3 cm³/mol. The molecule has 3 rings (SSSR count). The molecular formula is C15H27BrN2. The van der Waals surface area contributed by atoms with Crippen molar-refractivity contribution in [2.24, 2.45) is 5.41 Å². The molecule has 1 saturated carbocycles. The van der Waals surface area contributed by atoms with Crippen molar-refractivity contribution in [1.29, 1.82) is 0 Å². The van der Waals surface area contributed by atoms with Gasteiger partial charge in [-0.15, -0.1) is 0 Å². The molecule has 0 amide bonds. The molecule has 18 heavy (non-hydrogen) atoms. The van der Waals surface area contributed by atoms with Gasteiger partial charge in [-0.2, -0.15) is 0 Å². The fourth-order valence-electron chi connectivity index (χ4n) is 4.07. The van der Waals surface area contributed by atoms with Crippen LogP contribution in [0, 0.1) is 5.41 Å². The minimum Gasteiger partial charge on any atom is -0.298 e. The van der Waals surface area contributed by atoms with Crippen LogP contribution in [0.4, 0.5) is 0 Å². The maximum atomic E-state index is 3.76. The van der Waals surface area contributed by atoms with Crippen LogP contribution in [0.1, 0.15) is 45.4 Å². The standard InChI is InChI=1S/C15H27BrN2/c1-13-9-17-8-3-2-5-14(17)10-18(13)12-15(11-16)6-4-7-15/h13-14H,2-12H2,1H3. The minimum absolute atomic E-state index is 0.616. The van der Waals surface area contributed by atoms with E-state index in [-0.39, 0.29) is 0 Å². The van der Waals surface area contributed by atoms with Gasteiger partial charge in [0.2, 0.25) is 0 Å². The van der Waals surface area contributed by atoms with E-state index in [9.17, 15) is 0 Å². The number of halogens is 1. The summed E-state index contributed by atoms with van der Waals surface area (Å²) in [6.45, 7) is 7.76. The van der Waals surface area contributed by atoms with Crippen LogP contribution in [0.3, 0.4) is 0 Å². The number of fused-ring (bicyclic) bond motifs is 1. The highest BCUT2D eigenvalue weighted by Gasteiger charge is 2.41. The van der Waals surface area contributed by atoms with Gasteiger partial charge in [0.1, 0.15) is 0 Å². The normalized spacial score (nSPS) is 37.0. The summed E-state index contributed by atoms with van der Waals surface area (Å²) in [4.78, 5) is 5.55. The molecule has 0 bridgehead atoms. The van der Waals surface area contributed by atoms with Crippen LogP contribution in [-0.2, 0) is 0 Å². The van der Waals surface area contributed by atoms with Crippen LogP contribution in [0.15, 0.2) is 0 Å². The van der Waals surface area contributed by atoms with Crippen LogP contribution in [-0.4, -0.2) is 53.4 Å². The highest BCUT2D eigenvalue weighted by molar-refractivity contribution is 9.09. The Morgan fingerprint density at radius 2 is 2.00 bits per heavy atom. The molecule has 3 aliphatic rings. The van der Waals surface area contributed by atoms with Gasteiger partial charge in [0.25, 0.3) is 0 Å². The van der Waals surface area contributed by atoms with E-state index in [1.165, 1.54) is 70.0 Å². The first-order valence-electron chi connectivity index (χ1n) is 7.76. The van der Waals surface area contributed by atoms with Crippen molar-refractivity contribution in [3.8, 4) is 0 Å². The van der Waals surface area contributed by atoms with E-state index in [1.54, 1.807) is 0 Å². The molecule has 0 aromatic heterocycles. The molecule has 0 spiro atoms. The van der Waals surface area contributed by atoms with Crippen LogP contribution >= 0.6 is 15.9 Å². The number of piperazine rings is 1. The van der Waals surface area contributed by atoms with Crippen molar-refractivity contribution in [3.05, 3.63) is 0 Å². The fourth-order valence-corrected chi connectivity index (χ4v) is 4.81. The largest absolute Gasteiger partial charge is 0.298 e. The third-order valence-electron chi connectivity index (χ3n) is 5.55. The van der Waals surface area contributed by atoms with Crippen LogP contribution in [0.5, 0.6) is 0 Å². The van der Waals surface area contributed by atoms with E-state index in [0.29, 0.717) is 5.41 Å². The van der Waals surface area contributed by atoms with Gasteiger partial charge in [-0.05, 0) is 44.6 Å². The van der Waals surface area contributed by atoms with E-state index in [1.807, 2.05) is 0 Å². The lowest BCUT2D eigenvalue weighted by Crippen LogP contribution is -2.61. The van der Waals surface area contributed by atoms with Crippen molar-refractivity contribution in [2.45, 2.75) is 57.5 Å². The summed E-state index contributed by atoms with van der Waals surface area (Å²) in [5.41, 5.74) is 0.616. The SMILES string of the molecule is CC1CN2CCCCC2CN1CC1(CBr)CCC1. The van der Waals surface area contributed by atoms with Crippen molar-refractivity contribution < 1.29 is 0 Å². The van der Waals surface area contributed by atoms with Gasteiger partial charge in [-0.25, -0.2) is 0 Å². The Hall–Kier alpha value is 0.400. The molecule has 3 fully saturated rings. The van der Waals surface area contributed by atoms with Crippen LogP contribution in [0.2, 0.25) is 0 Å². The van der Waals surface area contributed by atoms with Gasteiger partial charge in [0, 0.05) is 37.0 Å². The summed E-state index contributed by atoms with van der Waals surface area (Å²) in [6.07, 6.45) is 8.64. The molecule has 2 saturated heterocycles. The zero-order valence-corrected chi connectivity index (χ0v) is 13.3. The summed E-state index contributed by atoms with van der Waals surface area (Å²) in [5, 5.41) is 1.21. The van der Waals surface area contributed by atoms with Crippen molar-refractivity contribution in [1.82, 2.24) is 9.80 Å². The zero-order valence-electron chi connectivity index (χ0n) is 11.7. The predicted octanol–water partition coefficient (Wildman–Crippen LogP) is 3.11. The number of hydrogen-bond donors (Lipinski definition) is 0. The smallest absolute Gasteiger partial charge is 0.0223 e. The highest BCUT2D eigenvalue weighted by atomic mass is 79.9. The van der Waals surface area contributed by atoms with Crippen molar-refractivity contribution in [3.63, 3.8) is 0 Å². The summed E-state index contributed by atoms with van der Waals surface area (Å²) in [7, 11) is 0. The number of nitrogens with zero attached hydrogens (tertiary/aromatic N) is 2. The van der Waals surface area contributed by atoms with Crippen molar-refractivity contribution >= 4 is 15.9 Å². The van der Waals surface area contributed by atoms with Crippen LogP contribution in [0.25, 0.3) is 0 Å². The molecule has 2 heterocycles. The van der Waals surface area contributed by atoms with E-state index >= 15 is 0 Å². The minimum atomic E-state index is 0.616. The summed E-state index contributed by atoms with van der Waals surface area (Å²) in [5.74, 6) is 0. The number of piperidine rings is 1. The quantitative estimate of drug-likeness (QED) is 0.739. The Balaban J connectivity index is 1.61. The van der Waals surface area contributed by atoms with Gasteiger partial charge < -0.3 is 0 Å². The molecule has 2 nitrogen and oxygen atoms in total. The lowest BCUT2D eigenvalue weighted by Gasteiger charge is -2.52. The Morgan fingerprint density at radius 1 is 1.17 bits per heavy atom. The third kappa shape index (κ3) is 2.51. The number of rotatable bonds is 3. The summed E-state index contributed by atoms with van der Waals surface area (Å²) >= 11 is 3.76. The topological polar surface area (TPSA) is 6.48 Å². The first-order valence-corrected chi connectivity index (χ1v) is 8.89. The van der Waals surface area contributed by atoms with Gasteiger partial charge >= 0.3 is 0 Å². The second kappa shape index (κ2) is 5.41. The average molecular weight is 315 g/mol. The van der Waals surface area contributed by atoms with Gasteiger partial charge in [0.15, 0.2) is 0 Å². The Bertz CT molecular complexity index is 285. The summed E-state index contributed by atoms with van der Waals surface area (Å²) in [6, 6.07) is 1.62. The zero-order chi connectivity index (χ0) is 12.6. The summed E-state index contributed by atoms with van der Waals surface area (Å²) < 4.78 is 0. The maximum Gasteiger partial charge on any atom is 0.0223 e. The molecule has 2 atom stereocenters. The monoisotopic (exact) mass is 314 g/mol. The highest BCUT2D eigenvalue weighted by Crippen LogP contribution is 2.43. The van der Waals surface area contributed by atoms with E-state index in [4.69, 9.17) is 0 Å².